The molecule has 0 saturated carbocycles. The van der Waals surface area contributed by atoms with Crippen LogP contribution in [0.1, 0.15) is 5.69 Å². The number of anilines is 1. The van der Waals surface area contributed by atoms with Crippen LogP contribution < -0.4 is 10.9 Å². The van der Waals surface area contributed by atoms with Gasteiger partial charge in [0.15, 0.2) is 0 Å². The van der Waals surface area contributed by atoms with E-state index in [1.807, 2.05) is 42.5 Å². The van der Waals surface area contributed by atoms with E-state index in [-0.39, 0.29) is 12.2 Å². The summed E-state index contributed by atoms with van der Waals surface area (Å²) in [6.45, 7) is 1.10. The Hall–Kier alpha value is -3.28. The molecule has 1 aromatic heterocycles. The second-order valence-electron chi connectivity index (χ2n) is 5.57. The Morgan fingerprint density at radius 1 is 1.08 bits per heavy atom. The number of nitrogens with zero attached hydrogens (tertiary/aromatic N) is 2. The number of carbonyl (C=O) groups is 1. The lowest BCUT2D eigenvalue weighted by Crippen LogP contribution is -2.30. The van der Waals surface area contributed by atoms with Gasteiger partial charge in [-0.05, 0) is 30.2 Å². The van der Waals surface area contributed by atoms with Crippen LogP contribution in [0.25, 0.3) is 11.1 Å². The van der Waals surface area contributed by atoms with Crippen LogP contribution in [0, 0.1) is 12.7 Å². The van der Waals surface area contributed by atoms with E-state index in [0.717, 1.165) is 15.7 Å². The van der Waals surface area contributed by atoms with Crippen molar-refractivity contribution in [2.75, 3.05) is 5.32 Å². The van der Waals surface area contributed by atoms with Crippen molar-refractivity contribution in [2.45, 2.75) is 13.5 Å². The predicted octanol–water partition coefficient (Wildman–Crippen LogP) is 3.00. The first-order chi connectivity index (χ1) is 12.0. The normalized spacial score (nSPS) is 10.5. The molecule has 0 fully saturated rings. The van der Waals surface area contributed by atoms with Crippen LogP contribution in [0.2, 0.25) is 0 Å². The SMILES string of the molecule is Cc1ncn(CC(=O)Nc2ccc(-c3ccccc3)cc2)c(=O)c1F. The smallest absolute Gasteiger partial charge is 0.290 e. The topological polar surface area (TPSA) is 64.0 Å². The van der Waals surface area contributed by atoms with Gasteiger partial charge in [0.05, 0.1) is 12.0 Å². The number of carbonyl (C=O) groups excluding carboxylic acids is 1. The fourth-order valence-corrected chi connectivity index (χ4v) is 2.39. The lowest BCUT2D eigenvalue weighted by atomic mass is 10.1. The van der Waals surface area contributed by atoms with Crippen molar-refractivity contribution in [1.82, 2.24) is 9.55 Å². The zero-order chi connectivity index (χ0) is 17.8. The molecule has 0 atom stereocenters. The van der Waals surface area contributed by atoms with Gasteiger partial charge in [-0.25, -0.2) is 4.98 Å². The summed E-state index contributed by atoms with van der Waals surface area (Å²) in [5.74, 6) is -1.37. The number of aromatic nitrogens is 2. The van der Waals surface area contributed by atoms with E-state index in [1.165, 1.54) is 13.3 Å². The Balaban J connectivity index is 1.69. The quantitative estimate of drug-likeness (QED) is 0.796. The molecule has 6 heteroatoms. The Morgan fingerprint density at radius 2 is 1.72 bits per heavy atom. The third-order valence-electron chi connectivity index (χ3n) is 3.75. The highest BCUT2D eigenvalue weighted by Gasteiger charge is 2.11. The molecule has 0 aliphatic heterocycles. The first kappa shape index (κ1) is 16.6. The van der Waals surface area contributed by atoms with Gasteiger partial charge in [0.1, 0.15) is 6.54 Å². The molecule has 0 unspecified atom stereocenters. The number of aryl methyl sites for hydroxylation is 1. The predicted molar refractivity (Wildman–Crippen MR) is 93.7 cm³/mol. The second-order valence-corrected chi connectivity index (χ2v) is 5.57. The van der Waals surface area contributed by atoms with Crippen molar-refractivity contribution in [2.24, 2.45) is 0 Å². The standard InChI is InChI=1S/C19H16FN3O2/c1-13-18(20)19(25)23(12-21-13)11-17(24)22-16-9-7-15(8-10-16)14-5-3-2-4-6-14/h2-10,12H,11H2,1H3,(H,22,24). The van der Waals surface area contributed by atoms with Crippen LogP contribution in [0.4, 0.5) is 10.1 Å². The van der Waals surface area contributed by atoms with Crippen LogP contribution in [0.5, 0.6) is 0 Å². The van der Waals surface area contributed by atoms with Gasteiger partial charge in [-0.1, -0.05) is 42.5 Å². The molecule has 1 heterocycles. The van der Waals surface area contributed by atoms with E-state index in [2.05, 4.69) is 10.3 Å². The average molecular weight is 337 g/mol. The molecule has 0 spiro atoms. The van der Waals surface area contributed by atoms with Crippen LogP contribution in [-0.4, -0.2) is 15.5 Å². The number of benzene rings is 2. The molecule has 25 heavy (non-hydrogen) atoms. The van der Waals surface area contributed by atoms with Crippen molar-refractivity contribution in [3.8, 4) is 11.1 Å². The zero-order valence-corrected chi connectivity index (χ0v) is 13.6. The zero-order valence-electron chi connectivity index (χ0n) is 13.6. The van der Waals surface area contributed by atoms with Crippen LogP contribution in [-0.2, 0) is 11.3 Å². The maximum absolute atomic E-state index is 13.5. The minimum Gasteiger partial charge on any atom is -0.325 e. The van der Waals surface area contributed by atoms with Gasteiger partial charge in [-0.2, -0.15) is 4.39 Å². The van der Waals surface area contributed by atoms with Gasteiger partial charge in [-0.3, -0.25) is 14.2 Å². The molecule has 0 bridgehead atoms. The fourth-order valence-electron chi connectivity index (χ4n) is 2.39. The Bertz CT molecular complexity index is 951. The van der Waals surface area contributed by atoms with E-state index >= 15 is 0 Å². The summed E-state index contributed by atoms with van der Waals surface area (Å²) >= 11 is 0. The molecule has 3 aromatic rings. The molecule has 1 amide bonds. The molecule has 0 radical (unpaired) electrons. The van der Waals surface area contributed by atoms with Gasteiger partial charge in [-0.15, -0.1) is 0 Å². The van der Waals surface area contributed by atoms with Gasteiger partial charge >= 0.3 is 0 Å². The van der Waals surface area contributed by atoms with E-state index in [4.69, 9.17) is 0 Å². The summed E-state index contributed by atoms with van der Waals surface area (Å²) in [7, 11) is 0. The fraction of sp³-hybridized carbons (Fsp3) is 0.105. The van der Waals surface area contributed by atoms with Gasteiger partial charge < -0.3 is 5.32 Å². The summed E-state index contributed by atoms with van der Waals surface area (Å²) < 4.78 is 14.5. The van der Waals surface area contributed by atoms with Gasteiger partial charge in [0, 0.05) is 5.69 Å². The van der Waals surface area contributed by atoms with Crippen LogP contribution in [0.3, 0.4) is 0 Å². The molecule has 1 N–H and O–H groups in total. The summed E-state index contributed by atoms with van der Waals surface area (Å²) in [5, 5.41) is 2.68. The largest absolute Gasteiger partial charge is 0.325 e. The summed E-state index contributed by atoms with van der Waals surface area (Å²) in [4.78, 5) is 27.6. The van der Waals surface area contributed by atoms with Crippen molar-refractivity contribution >= 4 is 11.6 Å². The molecule has 0 aliphatic carbocycles. The highest BCUT2D eigenvalue weighted by molar-refractivity contribution is 5.90. The van der Waals surface area contributed by atoms with E-state index in [1.54, 1.807) is 12.1 Å². The summed E-state index contributed by atoms with van der Waals surface area (Å²) in [6.07, 6.45) is 1.17. The third-order valence-corrected chi connectivity index (χ3v) is 3.75. The maximum atomic E-state index is 13.5. The number of amides is 1. The van der Waals surface area contributed by atoms with Crippen molar-refractivity contribution in [3.05, 3.63) is 82.8 Å². The molecular weight excluding hydrogens is 321 g/mol. The van der Waals surface area contributed by atoms with Crippen LogP contribution in [0.15, 0.2) is 65.7 Å². The highest BCUT2D eigenvalue weighted by Crippen LogP contribution is 2.20. The van der Waals surface area contributed by atoms with Gasteiger partial charge in [0.2, 0.25) is 11.7 Å². The average Bonchev–Trinajstić information content (AvgIpc) is 2.63. The molecule has 126 valence electrons. The monoisotopic (exact) mass is 337 g/mol. The molecule has 5 nitrogen and oxygen atoms in total. The van der Waals surface area contributed by atoms with E-state index in [0.29, 0.717) is 5.69 Å². The lowest BCUT2D eigenvalue weighted by Gasteiger charge is -2.08. The Kier molecular flexibility index (Phi) is 4.70. The first-order valence-corrected chi connectivity index (χ1v) is 7.71. The van der Waals surface area contributed by atoms with E-state index < -0.39 is 17.3 Å². The minimum atomic E-state index is -0.942. The number of halogens is 1. The highest BCUT2D eigenvalue weighted by atomic mass is 19.1. The molecule has 0 aliphatic rings. The Morgan fingerprint density at radius 3 is 2.40 bits per heavy atom. The Labute approximate surface area is 143 Å². The minimum absolute atomic E-state index is 0.0122. The molecule has 0 saturated heterocycles. The lowest BCUT2D eigenvalue weighted by molar-refractivity contribution is -0.116. The number of hydrogen-bond acceptors (Lipinski definition) is 3. The van der Waals surface area contributed by atoms with E-state index in [9.17, 15) is 14.0 Å². The molecule has 3 rings (SSSR count). The van der Waals surface area contributed by atoms with Crippen molar-refractivity contribution in [3.63, 3.8) is 0 Å². The second kappa shape index (κ2) is 7.09. The number of hydrogen-bond donors (Lipinski definition) is 1. The summed E-state index contributed by atoms with van der Waals surface area (Å²) in [5.41, 5.74) is 1.85. The van der Waals surface area contributed by atoms with Crippen molar-refractivity contribution < 1.29 is 9.18 Å². The maximum Gasteiger partial charge on any atom is 0.290 e. The molecule has 2 aromatic carbocycles. The van der Waals surface area contributed by atoms with Gasteiger partial charge in [0.25, 0.3) is 5.56 Å². The number of nitrogens with one attached hydrogen (secondary N) is 1. The van der Waals surface area contributed by atoms with Crippen LogP contribution >= 0.6 is 0 Å². The summed E-state index contributed by atoms with van der Waals surface area (Å²) in [6, 6.07) is 17.2. The van der Waals surface area contributed by atoms with Crippen molar-refractivity contribution in [1.29, 1.82) is 0 Å². The molecular formula is C19H16FN3O2. The number of rotatable bonds is 4. The first-order valence-electron chi connectivity index (χ1n) is 7.71. The third kappa shape index (κ3) is 3.80.